The van der Waals surface area contributed by atoms with Crippen LogP contribution in [0.25, 0.3) is 10.9 Å². The molecule has 0 saturated carbocycles. The molecular formula is C17H15FN2. The first-order valence-electron chi connectivity index (χ1n) is 6.58. The van der Waals surface area contributed by atoms with Crippen molar-refractivity contribution in [3.63, 3.8) is 0 Å². The fourth-order valence-corrected chi connectivity index (χ4v) is 2.47. The molecule has 0 radical (unpaired) electrons. The van der Waals surface area contributed by atoms with Crippen LogP contribution < -0.4 is 5.73 Å². The summed E-state index contributed by atoms with van der Waals surface area (Å²) in [6, 6.07) is 14.8. The largest absolute Gasteiger partial charge is 0.326 e. The topological polar surface area (TPSA) is 38.9 Å². The molecule has 100 valence electrons. The smallest absolute Gasteiger partial charge is 0.123 e. The molecule has 0 unspecified atom stereocenters. The van der Waals surface area contributed by atoms with E-state index in [0.717, 1.165) is 28.5 Å². The molecule has 0 aliphatic carbocycles. The summed E-state index contributed by atoms with van der Waals surface area (Å²) in [6.07, 6.45) is 2.54. The lowest BCUT2D eigenvalue weighted by molar-refractivity contribution is 0.624. The highest BCUT2D eigenvalue weighted by molar-refractivity contribution is 5.82. The molecule has 20 heavy (non-hydrogen) atoms. The molecule has 0 amide bonds. The van der Waals surface area contributed by atoms with Gasteiger partial charge in [-0.25, -0.2) is 4.39 Å². The van der Waals surface area contributed by atoms with Gasteiger partial charge in [0.05, 0.1) is 5.52 Å². The van der Waals surface area contributed by atoms with Crippen molar-refractivity contribution in [1.29, 1.82) is 0 Å². The third kappa shape index (κ3) is 2.40. The lowest BCUT2D eigenvalue weighted by Gasteiger charge is -2.10. The van der Waals surface area contributed by atoms with Crippen molar-refractivity contribution in [2.45, 2.75) is 13.0 Å². The Morgan fingerprint density at radius 3 is 2.65 bits per heavy atom. The van der Waals surface area contributed by atoms with Gasteiger partial charge in [-0.3, -0.25) is 4.98 Å². The van der Waals surface area contributed by atoms with Crippen LogP contribution in [0, 0.1) is 5.82 Å². The van der Waals surface area contributed by atoms with E-state index in [9.17, 15) is 4.39 Å². The molecule has 1 heterocycles. The van der Waals surface area contributed by atoms with E-state index in [1.165, 1.54) is 17.7 Å². The maximum atomic E-state index is 13.3. The van der Waals surface area contributed by atoms with Gasteiger partial charge in [0.2, 0.25) is 0 Å². The van der Waals surface area contributed by atoms with E-state index < -0.39 is 0 Å². The number of hydrogen-bond donors (Lipinski definition) is 1. The minimum Gasteiger partial charge on any atom is -0.326 e. The molecule has 1 aromatic heterocycles. The summed E-state index contributed by atoms with van der Waals surface area (Å²) in [5.74, 6) is -0.242. The van der Waals surface area contributed by atoms with Crippen LogP contribution in [0.5, 0.6) is 0 Å². The molecule has 2 aromatic carbocycles. The molecule has 3 rings (SSSR count). The molecule has 3 aromatic rings. The van der Waals surface area contributed by atoms with Crippen LogP contribution in [0.4, 0.5) is 4.39 Å². The number of aromatic nitrogens is 1. The SMILES string of the molecule is NCc1cc(F)ccc1Cc1ccnc2ccccc12. The predicted octanol–water partition coefficient (Wildman–Crippen LogP) is 3.42. The number of hydrogen-bond acceptors (Lipinski definition) is 2. The molecule has 2 nitrogen and oxygen atoms in total. The fraction of sp³-hybridized carbons (Fsp3) is 0.118. The van der Waals surface area contributed by atoms with Gasteiger partial charge in [-0.2, -0.15) is 0 Å². The van der Waals surface area contributed by atoms with Gasteiger partial charge in [-0.1, -0.05) is 24.3 Å². The van der Waals surface area contributed by atoms with Crippen molar-refractivity contribution >= 4 is 10.9 Å². The maximum absolute atomic E-state index is 13.3. The summed E-state index contributed by atoms with van der Waals surface area (Å²) in [5.41, 5.74) is 9.77. The molecule has 3 heteroatoms. The van der Waals surface area contributed by atoms with Crippen molar-refractivity contribution in [3.05, 3.63) is 77.2 Å². The summed E-state index contributed by atoms with van der Waals surface area (Å²) < 4.78 is 13.3. The Bertz CT molecular complexity index is 748. The minimum absolute atomic E-state index is 0.242. The molecule has 2 N–H and O–H groups in total. The third-order valence-electron chi connectivity index (χ3n) is 3.51. The average Bonchev–Trinajstić information content (AvgIpc) is 2.49. The first-order valence-corrected chi connectivity index (χ1v) is 6.58. The second-order valence-electron chi connectivity index (χ2n) is 4.78. The Morgan fingerprint density at radius 2 is 1.80 bits per heavy atom. The Morgan fingerprint density at radius 1 is 0.950 bits per heavy atom. The molecule has 0 saturated heterocycles. The van der Waals surface area contributed by atoms with Gasteiger partial charge < -0.3 is 5.73 Å². The summed E-state index contributed by atoms with van der Waals surface area (Å²) >= 11 is 0. The van der Waals surface area contributed by atoms with Crippen LogP contribution in [0.3, 0.4) is 0 Å². The zero-order valence-electron chi connectivity index (χ0n) is 11.0. The van der Waals surface area contributed by atoms with E-state index in [1.54, 1.807) is 0 Å². The first-order chi connectivity index (χ1) is 9.78. The molecule has 0 bridgehead atoms. The van der Waals surface area contributed by atoms with Crippen molar-refractivity contribution < 1.29 is 4.39 Å². The molecule has 0 atom stereocenters. The van der Waals surface area contributed by atoms with E-state index in [0.29, 0.717) is 6.54 Å². The highest BCUT2D eigenvalue weighted by Gasteiger charge is 2.07. The van der Waals surface area contributed by atoms with Crippen molar-refractivity contribution in [2.75, 3.05) is 0 Å². The highest BCUT2D eigenvalue weighted by Crippen LogP contribution is 2.21. The zero-order chi connectivity index (χ0) is 13.9. The quantitative estimate of drug-likeness (QED) is 0.789. The number of fused-ring (bicyclic) bond motifs is 1. The van der Waals surface area contributed by atoms with Crippen LogP contribution in [-0.4, -0.2) is 4.98 Å². The Balaban J connectivity index is 2.05. The third-order valence-corrected chi connectivity index (χ3v) is 3.51. The van der Waals surface area contributed by atoms with Crippen LogP contribution in [0.2, 0.25) is 0 Å². The molecule has 0 aliphatic rings. The first kappa shape index (κ1) is 12.8. The van der Waals surface area contributed by atoms with E-state index in [4.69, 9.17) is 5.73 Å². The normalized spacial score (nSPS) is 10.9. The predicted molar refractivity (Wildman–Crippen MR) is 78.8 cm³/mol. The lowest BCUT2D eigenvalue weighted by Crippen LogP contribution is -2.03. The van der Waals surface area contributed by atoms with Gasteiger partial charge in [-0.05, 0) is 47.4 Å². The highest BCUT2D eigenvalue weighted by atomic mass is 19.1. The zero-order valence-corrected chi connectivity index (χ0v) is 11.0. The number of nitrogens with two attached hydrogens (primary N) is 1. The number of halogens is 1. The Hall–Kier alpha value is -2.26. The Labute approximate surface area is 117 Å². The summed E-state index contributed by atoms with van der Waals surface area (Å²) in [7, 11) is 0. The van der Waals surface area contributed by atoms with Gasteiger partial charge in [0, 0.05) is 18.1 Å². The molecule has 0 aliphatic heterocycles. The van der Waals surface area contributed by atoms with Gasteiger partial charge in [0.1, 0.15) is 5.82 Å². The number of para-hydroxylation sites is 1. The standard InChI is InChI=1S/C17H15FN2/c18-15-6-5-12(14(10-15)11-19)9-13-7-8-20-17-4-2-1-3-16(13)17/h1-8,10H,9,11,19H2. The molecule has 0 fully saturated rings. The summed E-state index contributed by atoms with van der Waals surface area (Å²) in [6.45, 7) is 0.343. The average molecular weight is 266 g/mol. The van der Waals surface area contributed by atoms with Crippen LogP contribution >= 0.6 is 0 Å². The van der Waals surface area contributed by atoms with Gasteiger partial charge >= 0.3 is 0 Å². The maximum Gasteiger partial charge on any atom is 0.123 e. The van der Waals surface area contributed by atoms with Crippen molar-refractivity contribution in [2.24, 2.45) is 5.73 Å². The van der Waals surface area contributed by atoms with Crippen LogP contribution in [-0.2, 0) is 13.0 Å². The number of nitrogens with zero attached hydrogens (tertiary/aromatic N) is 1. The lowest BCUT2D eigenvalue weighted by atomic mass is 9.97. The molecule has 0 spiro atoms. The second kappa shape index (κ2) is 5.39. The van der Waals surface area contributed by atoms with E-state index in [2.05, 4.69) is 11.1 Å². The van der Waals surface area contributed by atoms with Crippen molar-refractivity contribution in [1.82, 2.24) is 4.98 Å². The van der Waals surface area contributed by atoms with Crippen LogP contribution in [0.1, 0.15) is 16.7 Å². The second-order valence-corrected chi connectivity index (χ2v) is 4.78. The van der Waals surface area contributed by atoms with E-state index >= 15 is 0 Å². The van der Waals surface area contributed by atoms with Crippen molar-refractivity contribution in [3.8, 4) is 0 Å². The van der Waals surface area contributed by atoms with E-state index in [-0.39, 0.29) is 5.82 Å². The Kier molecular flexibility index (Phi) is 3.44. The minimum atomic E-state index is -0.242. The van der Waals surface area contributed by atoms with Crippen LogP contribution in [0.15, 0.2) is 54.7 Å². The summed E-state index contributed by atoms with van der Waals surface area (Å²) in [4.78, 5) is 4.36. The number of pyridine rings is 1. The number of rotatable bonds is 3. The molecular weight excluding hydrogens is 251 g/mol. The van der Waals surface area contributed by atoms with Gasteiger partial charge in [0.15, 0.2) is 0 Å². The van der Waals surface area contributed by atoms with Gasteiger partial charge in [-0.15, -0.1) is 0 Å². The van der Waals surface area contributed by atoms with E-state index in [1.807, 2.05) is 36.5 Å². The van der Waals surface area contributed by atoms with Gasteiger partial charge in [0.25, 0.3) is 0 Å². The summed E-state index contributed by atoms with van der Waals surface area (Å²) in [5, 5.41) is 1.13. The number of benzene rings is 2. The monoisotopic (exact) mass is 266 g/mol. The fourth-order valence-electron chi connectivity index (χ4n) is 2.47.